The maximum Gasteiger partial charge on any atom is 0.511 e. The highest BCUT2D eigenvalue weighted by Gasteiger charge is 2.18. The first-order valence-corrected chi connectivity index (χ1v) is 6.08. The summed E-state index contributed by atoms with van der Waals surface area (Å²) in [6.07, 6.45) is -1.45. The molecule has 0 aliphatic carbocycles. The van der Waals surface area contributed by atoms with Crippen LogP contribution in [0.3, 0.4) is 0 Å². The molecular formula is C12H10N2O4S. The van der Waals surface area contributed by atoms with E-state index in [1.807, 2.05) is 0 Å². The molecule has 0 radical (unpaired) electrons. The minimum absolute atomic E-state index is 0.0572. The Kier molecular flexibility index (Phi) is 3.76. The standard InChI is InChI=1S/C12H10N2O4S/c1-7-9(18-12(16)17)11(19-14-7)13-10(15)8-5-3-2-4-6-8/h2-6H,1H3,(H,13,15)(H,16,17). The van der Waals surface area contributed by atoms with E-state index in [4.69, 9.17) is 5.11 Å². The molecule has 1 aromatic heterocycles. The van der Waals surface area contributed by atoms with Crippen molar-refractivity contribution in [1.29, 1.82) is 0 Å². The number of carbonyl (C=O) groups excluding carboxylic acids is 1. The van der Waals surface area contributed by atoms with Gasteiger partial charge < -0.3 is 15.2 Å². The number of nitrogens with one attached hydrogen (secondary N) is 1. The van der Waals surface area contributed by atoms with Gasteiger partial charge in [-0.1, -0.05) is 18.2 Å². The lowest BCUT2D eigenvalue weighted by Gasteiger charge is -2.05. The molecule has 2 aromatic rings. The summed E-state index contributed by atoms with van der Waals surface area (Å²) in [6, 6.07) is 8.58. The SMILES string of the molecule is Cc1nsc(NC(=O)c2ccccc2)c1OC(=O)O. The quantitative estimate of drug-likeness (QED) is 0.843. The first-order chi connectivity index (χ1) is 9.08. The van der Waals surface area contributed by atoms with Crippen LogP contribution in [0.25, 0.3) is 0 Å². The average Bonchev–Trinajstić information content (AvgIpc) is 2.72. The number of ether oxygens (including phenoxy) is 1. The lowest BCUT2D eigenvalue weighted by atomic mass is 10.2. The highest BCUT2D eigenvalue weighted by atomic mass is 32.1. The number of nitrogens with zero attached hydrogens (tertiary/aromatic N) is 1. The van der Waals surface area contributed by atoms with Crippen LogP contribution in [-0.2, 0) is 0 Å². The van der Waals surface area contributed by atoms with Crippen LogP contribution in [0.15, 0.2) is 30.3 Å². The normalized spacial score (nSPS) is 9.95. The van der Waals surface area contributed by atoms with E-state index >= 15 is 0 Å². The molecule has 1 amide bonds. The van der Waals surface area contributed by atoms with Crippen LogP contribution in [0.1, 0.15) is 16.1 Å². The minimum Gasteiger partial charge on any atom is -0.449 e. The molecule has 0 bridgehead atoms. The predicted octanol–water partition coefficient (Wildman–Crippen LogP) is 2.76. The molecule has 1 aromatic carbocycles. The van der Waals surface area contributed by atoms with E-state index in [1.165, 1.54) is 0 Å². The molecule has 0 spiro atoms. The summed E-state index contributed by atoms with van der Waals surface area (Å²) in [5, 5.41) is 11.5. The van der Waals surface area contributed by atoms with Crippen molar-refractivity contribution in [2.45, 2.75) is 6.92 Å². The van der Waals surface area contributed by atoms with Gasteiger partial charge in [-0.05, 0) is 30.6 Å². The van der Waals surface area contributed by atoms with Crippen molar-refractivity contribution < 1.29 is 19.4 Å². The molecule has 0 fully saturated rings. The molecule has 0 saturated carbocycles. The fraction of sp³-hybridized carbons (Fsp3) is 0.0833. The summed E-state index contributed by atoms with van der Waals surface area (Å²) in [6.45, 7) is 1.60. The molecule has 98 valence electrons. The van der Waals surface area contributed by atoms with Crippen molar-refractivity contribution in [2.75, 3.05) is 5.32 Å². The second-order valence-electron chi connectivity index (χ2n) is 3.61. The minimum atomic E-state index is -1.45. The third-order valence-corrected chi connectivity index (χ3v) is 3.10. The van der Waals surface area contributed by atoms with Crippen LogP contribution in [0, 0.1) is 6.92 Å². The Morgan fingerprint density at radius 3 is 2.63 bits per heavy atom. The Labute approximate surface area is 112 Å². The van der Waals surface area contributed by atoms with E-state index in [-0.39, 0.29) is 16.7 Å². The van der Waals surface area contributed by atoms with Crippen molar-refractivity contribution in [1.82, 2.24) is 4.37 Å². The van der Waals surface area contributed by atoms with E-state index in [1.54, 1.807) is 37.3 Å². The number of benzene rings is 1. The van der Waals surface area contributed by atoms with Gasteiger partial charge in [0, 0.05) is 5.56 Å². The smallest absolute Gasteiger partial charge is 0.449 e. The van der Waals surface area contributed by atoms with Gasteiger partial charge in [0.1, 0.15) is 0 Å². The molecule has 6 nitrogen and oxygen atoms in total. The zero-order valence-corrected chi connectivity index (χ0v) is 10.7. The molecule has 7 heteroatoms. The van der Waals surface area contributed by atoms with E-state index in [2.05, 4.69) is 14.4 Å². The van der Waals surface area contributed by atoms with Crippen LogP contribution in [0.2, 0.25) is 0 Å². The van der Waals surface area contributed by atoms with E-state index < -0.39 is 6.16 Å². The van der Waals surface area contributed by atoms with Gasteiger partial charge in [0.15, 0.2) is 10.8 Å². The van der Waals surface area contributed by atoms with Crippen molar-refractivity contribution in [2.24, 2.45) is 0 Å². The summed E-state index contributed by atoms with van der Waals surface area (Å²) in [5.74, 6) is -0.290. The van der Waals surface area contributed by atoms with Gasteiger partial charge in [-0.2, -0.15) is 4.37 Å². The van der Waals surface area contributed by atoms with Gasteiger partial charge in [0.2, 0.25) is 0 Å². The second kappa shape index (κ2) is 5.49. The van der Waals surface area contributed by atoms with E-state index in [9.17, 15) is 9.59 Å². The van der Waals surface area contributed by atoms with Crippen LogP contribution in [0.5, 0.6) is 5.75 Å². The Hall–Kier alpha value is -2.41. The molecule has 0 aliphatic heterocycles. The van der Waals surface area contributed by atoms with Crippen LogP contribution in [0.4, 0.5) is 9.80 Å². The molecule has 0 saturated heterocycles. The van der Waals surface area contributed by atoms with Crippen molar-refractivity contribution >= 4 is 28.6 Å². The van der Waals surface area contributed by atoms with Crippen molar-refractivity contribution in [3.05, 3.63) is 41.6 Å². The van der Waals surface area contributed by atoms with Gasteiger partial charge in [-0.25, -0.2) is 4.79 Å². The molecule has 2 rings (SSSR count). The predicted molar refractivity (Wildman–Crippen MR) is 69.9 cm³/mol. The number of carbonyl (C=O) groups is 2. The average molecular weight is 278 g/mol. The van der Waals surface area contributed by atoms with Gasteiger partial charge >= 0.3 is 6.16 Å². The molecule has 0 atom stereocenters. The van der Waals surface area contributed by atoms with Crippen LogP contribution >= 0.6 is 11.5 Å². The van der Waals surface area contributed by atoms with E-state index in [0.29, 0.717) is 11.3 Å². The van der Waals surface area contributed by atoms with Crippen molar-refractivity contribution in [3.8, 4) is 5.75 Å². The Balaban J connectivity index is 2.20. The lowest BCUT2D eigenvalue weighted by molar-refractivity contribution is 0.102. The van der Waals surface area contributed by atoms with Crippen molar-refractivity contribution in [3.63, 3.8) is 0 Å². The summed E-state index contributed by atoms with van der Waals surface area (Å²) in [5.41, 5.74) is 0.880. The second-order valence-corrected chi connectivity index (χ2v) is 4.39. The van der Waals surface area contributed by atoms with E-state index in [0.717, 1.165) is 11.5 Å². The topological polar surface area (TPSA) is 88.5 Å². The third kappa shape index (κ3) is 3.08. The monoisotopic (exact) mass is 278 g/mol. The number of rotatable bonds is 3. The third-order valence-electron chi connectivity index (χ3n) is 2.26. The largest absolute Gasteiger partial charge is 0.511 e. The maximum absolute atomic E-state index is 11.9. The highest BCUT2D eigenvalue weighted by Crippen LogP contribution is 2.33. The summed E-state index contributed by atoms with van der Waals surface area (Å²) >= 11 is 0.971. The fourth-order valence-corrected chi connectivity index (χ4v) is 2.13. The first-order valence-electron chi connectivity index (χ1n) is 5.31. The molecule has 0 unspecified atom stereocenters. The maximum atomic E-state index is 11.9. The number of anilines is 1. The molecule has 1 heterocycles. The Morgan fingerprint density at radius 2 is 2.00 bits per heavy atom. The number of amides is 1. The number of hydrogen-bond donors (Lipinski definition) is 2. The summed E-state index contributed by atoms with van der Waals surface area (Å²) in [4.78, 5) is 22.5. The van der Waals surface area contributed by atoms with Gasteiger partial charge in [0.05, 0.1) is 5.69 Å². The van der Waals surface area contributed by atoms with Crippen LogP contribution in [-0.4, -0.2) is 21.5 Å². The zero-order valence-electron chi connectivity index (χ0n) is 9.91. The highest BCUT2D eigenvalue weighted by molar-refractivity contribution is 7.11. The van der Waals surface area contributed by atoms with Crippen LogP contribution < -0.4 is 10.1 Å². The Bertz CT molecular complexity index is 609. The number of carboxylic acid groups (broad SMARTS) is 1. The zero-order chi connectivity index (χ0) is 13.8. The summed E-state index contributed by atoms with van der Waals surface area (Å²) in [7, 11) is 0. The molecule has 0 aliphatic rings. The number of aromatic nitrogens is 1. The summed E-state index contributed by atoms with van der Waals surface area (Å²) < 4.78 is 8.56. The van der Waals surface area contributed by atoms with Gasteiger partial charge in [0.25, 0.3) is 5.91 Å². The molecule has 2 N–H and O–H groups in total. The first kappa shape index (κ1) is 13.0. The number of aryl methyl sites for hydroxylation is 1. The fourth-order valence-electron chi connectivity index (χ4n) is 1.41. The van der Waals surface area contributed by atoms with Gasteiger partial charge in [-0.15, -0.1) is 0 Å². The Morgan fingerprint density at radius 1 is 1.32 bits per heavy atom. The van der Waals surface area contributed by atoms with Gasteiger partial charge in [-0.3, -0.25) is 4.79 Å². The molecular weight excluding hydrogens is 268 g/mol. The number of hydrogen-bond acceptors (Lipinski definition) is 5. The lowest BCUT2D eigenvalue weighted by Crippen LogP contribution is -2.12. The molecule has 19 heavy (non-hydrogen) atoms.